The lowest BCUT2D eigenvalue weighted by Crippen LogP contribution is -2.53. The lowest BCUT2D eigenvalue weighted by molar-refractivity contribution is -0.140. The highest BCUT2D eigenvalue weighted by Crippen LogP contribution is 2.27. The maximum Gasteiger partial charge on any atom is 0.264 e. The molecule has 1 atom stereocenters. The van der Waals surface area contributed by atoms with Crippen molar-refractivity contribution in [3.8, 4) is 0 Å². The van der Waals surface area contributed by atoms with Crippen molar-refractivity contribution in [1.29, 1.82) is 0 Å². The Morgan fingerprint density at radius 2 is 1.53 bits per heavy atom. The van der Waals surface area contributed by atoms with Crippen LogP contribution in [-0.4, -0.2) is 50.5 Å². The van der Waals surface area contributed by atoms with Crippen LogP contribution in [0.3, 0.4) is 0 Å². The van der Waals surface area contributed by atoms with Crippen molar-refractivity contribution in [3.63, 3.8) is 0 Å². The molecule has 0 aromatic heterocycles. The van der Waals surface area contributed by atoms with Crippen LogP contribution in [0.1, 0.15) is 30.0 Å². The van der Waals surface area contributed by atoms with Crippen LogP contribution in [0.25, 0.3) is 0 Å². The fraction of sp³-hybridized carbons (Fsp3) is 0.257. The third-order valence-electron chi connectivity index (χ3n) is 7.37. The number of thioether (sulfide) groups is 1. The quantitative estimate of drug-likeness (QED) is 0.164. The number of rotatable bonds is 14. The van der Waals surface area contributed by atoms with Gasteiger partial charge in [0.25, 0.3) is 10.0 Å². The molecule has 0 radical (unpaired) electrons. The maximum atomic E-state index is 15.0. The van der Waals surface area contributed by atoms with Crippen LogP contribution in [0.15, 0.2) is 113 Å². The SMILES string of the molecule is CCCNC(=O)[C@@H](Cc1ccccc1)N(Cc1ccccc1F)C(=O)CN(c1ccc(C)cc1)S(=O)(=O)c1ccc(SC)cc1. The number of benzene rings is 4. The highest BCUT2D eigenvalue weighted by molar-refractivity contribution is 7.98. The average molecular weight is 648 g/mol. The molecule has 0 spiro atoms. The number of nitrogens with zero attached hydrogens (tertiary/aromatic N) is 2. The lowest BCUT2D eigenvalue weighted by atomic mass is 10.0. The first-order valence-corrected chi connectivity index (χ1v) is 17.4. The number of hydrogen-bond donors (Lipinski definition) is 1. The average Bonchev–Trinajstić information content (AvgIpc) is 3.05. The van der Waals surface area contributed by atoms with E-state index in [4.69, 9.17) is 0 Å². The summed E-state index contributed by atoms with van der Waals surface area (Å²) in [5.41, 5.74) is 2.23. The van der Waals surface area contributed by atoms with E-state index in [0.29, 0.717) is 18.7 Å². The highest BCUT2D eigenvalue weighted by Gasteiger charge is 2.35. The van der Waals surface area contributed by atoms with E-state index in [2.05, 4.69) is 5.32 Å². The number of anilines is 1. The summed E-state index contributed by atoms with van der Waals surface area (Å²) in [5, 5.41) is 2.89. The molecule has 4 aromatic rings. The van der Waals surface area contributed by atoms with E-state index in [9.17, 15) is 22.4 Å². The minimum Gasteiger partial charge on any atom is -0.354 e. The van der Waals surface area contributed by atoms with Crippen molar-refractivity contribution in [2.24, 2.45) is 0 Å². The molecule has 0 heterocycles. The summed E-state index contributed by atoms with van der Waals surface area (Å²) in [7, 11) is -4.22. The Balaban J connectivity index is 1.80. The zero-order valence-electron chi connectivity index (χ0n) is 25.6. The van der Waals surface area contributed by atoms with E-state index in [1.54, 1.807) is 54.6 Å². The van der Waals surface area contributed by atoms with Gasteiger partial charge in [-0.15, -0.1) is 11.8 Å². The molecule has 10 heteroatoms. The van der Waals surface area contributed by atoms with Crippen LogP contribution in [0.2, 0.25) is 0 Å². The minimum absolute atomic E-state index is 0.0239. The number of carbonyl (C=O) groups excluding carboxylic acids is 2. The van der Waals surface area contributed by atoms with E-state index >= 15 is 0 Å². The minimum atomic E-state index is -4.22. The molecule has 0 aliphatic rings. The Labute approximate surface area is 269 Å². The molecule has 0 aliphatic carbocycles. The van der Waals surface area contributed by atoms with Gasteiger partial charge in [0.15, 0.2) is 0 Å². The van der Waals surface area contributed by atoms with Gasteiger partial charge in [0.1, 0.15) is 18.4 Å². The molecule has 45 heavy (non-hydrogen) atoms. The lowest BCUT2D eigenvalue weighted by Gasteiger charge is -2.34. The smallest absolute Gasteiger partial charge is 0.264 e. The number of hydrogen-bond acceptors (Lipinski definition) is 5. The Morgan fingerprint density at radius 1 is 0.889 bits per heavy atom. The predicted octanol–water partition coefficient (Wildman–Crippen LogP) is 6.22. The van der Waals surface area contributed by atoms with Crippen molar-refractivity contribution in [2.45, 2.75) is 49.1 Å². The molecule has 0 bridgehead atoms. The number of carbonyl (C=O) groups is 2. The molecular weight excluding hydrogens is 610 g/mol. The molecule has 0 unspecified atom stereocenters. The standard InChI is InChI=1S/C35H38FN3O4S2/c1-4-22-37-35(41)33(23-27-10-6-5-7-11-27)38(24-28-12-8-9-13-32(28)36)34(40)25-39(29-16-14-26(2)15-17-29)45(42,43)31-20-18-30(44-3)19-21-31/h5-21,33H,4,22-25H2,1-3H3,(H,37,41)/t33-/m1/s1. The second-order valence-corrected chi connectivity index (χ2v) is 13.4. The van der Waals surface area contributed by atoms with Crippen LogP contribution in [0, 0.1) is 12.7 Å². The Kier molecular flexibility index (Phi) is 11.8. The van der Waals surface area contributed by atoms with Gasteiger partial charge in [-0.25, -0.2) is 12.8 Å². The van der Waals surface area contributed by atoms with Crippen molar-refractivity contribution >= 4 is 39.3 Å². The van der Waals surface area contributed by atoms with Crippen LogP contribution in [0.4, 0.5) is 10.1 Å². The summed E-state index contributed by atoms with van der Waals surface area (Å²) in [4.78, 5) is 30.3. The van der Waals surface area contributed by atoms with E-state index in [0.717, 1.165) is 20.3 Å². The number of amides is 2. The summed E-state index contributed by atoms with van der Waals surface area (Å²) in [6.45, 7) is 3.37. The van der Waals surface area contributed by atoms with Crippen LogP contribution < -0.4 is 9.62 Å². The molecule has 0 aliphatic heterocycles. The first-order valence-electron chi connectivity index (χ1n) is 14.7. The number of halogens is 1. The zero-order chi connectivity index (χ0) is 32.4. The second kappa shape index (κ2) is 15.7. The molecule has 4 rings (SSSR count). The molecule has 1 N–H and O–H groups in total. The summed E-state index contributed by atoms with van der Waals surface area (Å²) in [5.74, 6) is -1.57. The Morgan fingerprint density at radius 3 is 2.16 bits per heavy atom. The number of aryl methyl sites for hydroxylation is 1. The largest absolute Gasteiger partial charge is 0.354 e. The van der Waals surface area contributed by atoms with E-state index < -0.39 is 40.2 Å². The first kappa shape index (κ1) is 33.7. The molecule has 0 saturated heterocycles. The Bertz CT molecular complexity index is 1680. The summed E-state index contributed by atoms with van der Waals surface area (Å²) < 4.78 is 44.3. The van der Waals surface area contributed by atoms with Crippen molar-refractivity contribution in [2.75, 3.05) is 23.7 Å². The highest BCUT2D eigenvalue weighted by atomic mass is 32.2. The van der Waals surface area contributed by atoms with Gasteiger partial charge in [0.05, 0.1) is 10.6 Å². The molecule has 0 fully saturated rings. The molecule has 2 amide bonds. The zero-order valence-corrected chi connectivity index (χ0v) is 27.3. The summed E-state index contributed by atoms with van der Waals surface area (Å²) >= 11 is 1.49. The molecule has 236 valence electrons. The number of sulfonamides is 1. The van der Waals surface area contributed by atoms with E-state index in [1.165, 1.54) is 34.9 Å². The molecule has 4 aromatic carbocycles. The van der Waals surface area contributed by atoms with Gasteiger partial charge in [-0.3, -0.25) is 13.9 Å². The van der Waals surface area contributed by atoms with Gasteiger partial charge in [-0.05, 0) is 67.6 Å². The summed E-state index contributed by atoms with van der Waals surface area (Å²) in [6.07, 6.45) is 2.73. The van der Waals surface area contributed by atoms with Gasteiger partial charge in [0, 0.05) is 30.0 Å². The van der Waals surface area contributed by atoms with E-state index in [1.807, 2.05) is 50.4 Å². The third-order valence-corrected chi connectivity index (χ3v) is 9.90. The van der Waals surface area contributed by atoms with Gasteiger partial charge in [-0.1, -0.05) is 73.2 Å². The van der Waals surface area contributed by atoms with Gasteiger partial charge in [0.2, 0.25) is 11.8 Å². The third kappa shape index (κ3) is 8.73. The Hall–Kier alpha value is -4.15. The van der Waals surface area contributed by atoms with Crippen LogP contribution in [-0.2, 0) is 32.6 Å². The van der Waals surface area contributed by atoms with Gasteiger partial charge < -0.3 is 10.2 Å². The molecule has 0 saturated carbocycles. The van der Waals surface area contributed by atoms with Crippen LogP contribution >= 0.6 is 11.8 Å². The van der Waals surface area contributed by atoms with Crippen molar-refractivity contribution < 1.29 is 22.4 Å². The fourth-order valence-corrected chi connectivity index (χ4v) is 6.67. The molecular formula is C35H38FN3O4S2. The first-order chi connectivity index (χ1) is 21.6. The fourth-order valence-electron chi connectivity index (χ4n) is 4.84. The van der Waals surface area contributed by atoms with Gasteiger partial charge in [-0.2, -0.15) is 0 Å². The molecule has 7 nitrogen and oxygen atoms in total. The predicted molar refractivity (Wildman–Crippen MR) is 178 cm³/mol. The van der Waals surface area contributed by atoms with E-state index in [-0.39, 0.29) is 23.4 Å². The number of nitrogens with one attached hydrogen (secondary N) is 1. The normalized spacial score (nSPS) is 11.9. The van der Waals surface area contributed by atoms with Gasteiger partial charge >= 0.3 is 0 Å². The van der Waals surface area contributed by atoms with Crippen molar-refractivity contribution in [3.05, 3.63) is 126 Å². The monoisotopic (exact) mass is 647 g/mol. The second-order valence-electron chi connectivity index (χ2n) is 10.6. The topological polar surface area (TPSA) is 86.8 Å². The van der Waals surface area contributed by atoms with Crippen LogP contribution in [0.5, 0.6) is 0 Å². The summed E-state index contributed by atoms with van der Waals surface area (Å²) in [6, 6.07) is 27.6. The van der Waals surface area contributed by atoms with Crippen molar-refractivity contribution in [1.82, 2.24) is 10.2 Å². The maximum absolute atomic E-state index is 15.0.